The first-order chi connectivity index (χ1) is 14.5. The lowest BCUT2D eigenvalue weighted by Crippen LogP contribution is -2.17. The van der Waals surface area contributed by atoms with Gasteiger partial charge in [-0.1, -0.05) is 47.0 Å². The zero-order valence-corrected chi connectivity index (χ0v) is 18.0. The Hall–Kier alpha value is -3.02. The van der Waals surface area contributed by atoms with Gasteiger partial charge < -0.3 is 9.47 Å². The van der Waals surface area contributed by atoms with Crippen LogP contribution in [0.4, 0.5) is 0 Å². The maximum absolute atomic E-state index is 12.1. The molecule has 7 heteroatoms. The number of rotatable bonds is 7. The van der Waals surface area contributed by atoms with Crippen molar-refractivity contribution >= 4 is 35.3 Å². The van der Waals surface area contributed by atoms with Gasteiger partial charge in [-0.2, -0.15) is 5.10 Å². The molecule has 3 rings (SSSR count). The van der Waals surface area contributed by atoms with Gasteiger partial charge in [0.25, 0.3) is 5.91 Å². The fourth-order valence-electron chi connectivity index (χ4n) is 2.61. The van der Waals surface area contributed by atoms with Crippen LogP contribution in [-0.4, -0.2) is 19.2 Å². The van der Waals surface area contributed by atoms with Crippen molar-refractivity contribution in [2.75, 3.05) is 7.11 Å². The van der Waals surface area contributed by atoms with Crippen LogP contribution in [0.15, 0.2) is 65.8 Å². The molecule has 0 spiro atoms. The first-order valence-electron chi connectivity index (χ1n) is 9.11. The standard InChI is InChI=1S/C23H20Cl2N2O3/c1-15-3-6-17(7-4-15)23(28)27-26-13-16-5-10-21(22(11-16)29-2)30-14-18-8-9-19(24)12-20(18)25/h3-13H,14H2,1-2H3,(H,27,28)/b26-13-. The first kappa shape index (κ1) is 21.7. The number of nitrogens with zero attached hydrogens (tertiary/aromatic N) is 1. The molecule has 0 saturated heterocycles. The normalized spacial score (nSPS) is 10.8. The SMILES string of the molecule is COc1cc(/C=N\NC(=O)c2ccc(C)cc2)ccc1OCc1ccc(Cl)cc1Cl. The fourth-order valence-corrected chi connectivity index (χ4v) is 3.08. The van der Waals surface area contributed by atoms with E-state index in [4.69, 9.17) is 32.7 Å². The molecular weight excluding hydrogens is 423 g/mol. The number of carbonyl (C=O) groups is 1. The maximum atomic E-state index is 12.1. The quantitative estimate of drug-likeness (QED) is 0.379. The van der Waals surface area contributed by atoms with Gasteiger partial charge in [-0.25, -0.2) is 5.43 Å². The van der Waals surface area contributed by atoms with Gasteiger partial charge >= 0.3 is 0 Å². The van der Waals surface area contributed by atoms with E-state index in [1.165, 1.54) is 6.21 Å². The van der Waals surface area contributed by atoms with Gasteiger partial charge in [-0.3, -0.25) is 4.79 Å². The highest BCUT2D eigenvalue weighted by atomic mass is 35.5. The van der Waals surface area contributed by atoms with Crippen LogP contribution in [-0.2, 0) is 6.61 Å². The van der Waals surface area contributed by atoms with Crippen molar-refractivity contribution in [2.24, 2.45) is 5.10 Å². The van der Waals surface area contributed by atoms with Crippen LogP contribution in [0.1, 0.15) is 27.0 Å². The van der Waals surface area contributed by atoms with Crippen LogP contribution < -0.4 is 14.9 Å². The lowest BCUT2D eigenvalue weighted by Gasteiger charge is -2.12. The second-order valence-electron chi connectivity index (χ2n) is 6.50. The van der Waals surface area contributed by atoms with Crippen LogP contribution >= 0.6 is 23.2 Å². The molecule has 3 aromatic carbocycles. The molecule has 1 amide bonds. The molecule has 0 aromatic heterocycles. The maximum Gasteiger partial charge on any atom is 0.271 e. The minimum atomic E-state index is -0.280. The van der Waals surface area contributed by atoms with Crippen molar-refractivity contribution < 1.29 is 14.3 Å². The number of benzene rings is 3. The Morgan fingerprint density at radius 2 is 1.80 bits per heavy atom. The predicted octanol–water partition coefficient (Wildman–Crippen LogP) is 5.65. The number of methoxy groups -OCH3 is 1. The van der Waals surface area contributed by atoms with E-state index in [9.17, 15) is 4.79 Å². The fraction of sp³-hybridized carbons (Fsp3) is 0.130. The minimum absolute atomic E-state index is 0.270. The van der Waals surface area contributed by atoms with Crippen molar-refractivity contribution in [2.45, 2.75) is 13.5 Å². The Morgan fingerprint density at radius 1 is 1.03 bits per heavy atom. The van der Waals surface area contributed by atoms with E-state index in [0.29, 0.717) is 27.1 Å². The van der Waals surface area contributed by atoms with Gasteiger partial charge in [0, 0.05) is 21.2 Å². The molecule has 0 bridgehead atoms. The van der Waals surface area contributed by atoms with Gasteiger partial charge in [0.15, 0.2) is 11.5 Å². The molecule has 0 atom stereocenters. The zero-order valence-electron chi connectivity index (χ0n) is 16.5. The second-order valence-corrected chi connectivity index (χ2v) is 7.34. The summed E-state index contributed by atoms with van der Waals surface area (Å²) in [5.74, 6) is 0.816. The highest BCUT2D eigenvalue weighted by Gasteiger charge is 2.08. The third-order valence-electron chi connectivity index (χ3n) is 4.28. The first-order valence-corrected chi connectivity index (χ1v) is 9.86. The van der Waals surface area contributed by atoms with E-state index in [0.717, 1.165) is 16.7 Å². The van der Waals surface area contributed by atoms with E-state index < -0.39 is 0 Å². The average Bonchev–Trinajstić information content (AvgIpc) is 2.74. The summed E-state index contributed by atoms with van der Waals surface area (Å²) in [6.07, 6.45) is 1.54. The molecule has 0 aliphatic heterocycles. The molecule has 0 heterocycles. The summed E-state index contributed by atoms with van der Waals surface area (Å²) in [5.41, 5.74) is 5.69. The number of carbonyl (C=O) groups excluding carboxylic acids is 1. The third-order valence-corrected chi connectivity index (χ3v) is 4.87. The van der Waals surface area contributed by atoms with Crippen LogP contribution in [0.3, 0.4) is 0 Å². The number of hydrogen-bond acceptors (Lipinski definition) is 4. The molecule has 5 nitrogen and oxygen atoms in total. The molecule has 0 aliphatic carbocycles. The summed E-state index contributed by atoms with van der Waals surface area (Å²) < 4.78 is 11.2. The van der Waals surface area contributed by atoms with E-state index in [-0.39, 0.29) is 12.5 Å². The molecule has 154 valence electrons. The summed E-state index contributed by atoms with van der Waals surface area (Å²) in [7, 11) is 1.55. The Labute approximate surface area is 185 Å². The Morgan fingerprint density at radius 3 is 2.50 bits per heavy atom. The molecular formula is C23H20Cl2N2O3. The van der Waals surface area contributed by atoms with E-state index in [2.05, 4.69) is 10.5 Å². The third kappa shape index (κ3) is 5.75. The topological polar surface area (TPSA) is 59.9 Å². The largest absolute Gasteiger partial charge is 0.493 e. The van der Waals surface area contributed by atoms with Crippen molar-refractivity contribution in [3.63, 3.8) is 0 Å². The van der Waals surface area contributed by atoms with E-state index in [1.54, 1.807) is 43.5 Å². The lowest BCUT2D eigenvalue weighted by molar-refractivity contribution is 0.0955. The molecule has 1 N–H and O–H groups in total. The van der Waals surface area contributed by atoms with Gasteiger partial charge in [-0.15, -0.1) is 0 Å². The molecule has 3 aromatic rings. The lowest BCUT2D eigenvalue weighted by atomic mass is 10.1. The molecule has 0 unspecified atom stereocenters. The molecule has 30 heavy (non-hydrogen) atoms. The van der Waals surface area contributed by atoms with Crippen molar-refractivity contribution in [1.29, 1.82) is 0 Å². The van der Waals surface area contributed by atoms with E-state index >= 15 is 0 Å². The van der Waals surface area contributed by atoms with Gasteiger partial charge in [0.05, 0.1) is 13.3 Å². The second kappa shape index (κ2) is 10.1. The van der Waals surface area contributed by atoms with Crippen LogP contribution in [0, 0.1) is 6.92 Å². The molecule has 0 saturated carbocycles. The highest BCUT2D eigenvalue weighted by molar-refractivity contribution is 6.35. The van der Waals surface area contributed by atoms with Crippen LogP contribution in [0.2, 0.25) is 10.0 Å². The average molecular weight is 443 g/mol. The summed E-state index contributed by atoms with van der Waals surface area (Å²) in [5, 5.41) is 5.11. The number of hydrazone groups is 1. The zero-order chi connectivity index (χ0) is 21.5. The number of halogens is 2. The molecule has 0 radical (unpaired) electrons. The number of aryl methyl sites for hydroxylation is 1. The van der Waals surface area contributed by atoms with Gasteiger partial charge in [-0.05, 0) is 55.0 Å². The number of ether oxygens (including phenoxy) is 2. The number of hydrogen-bond donors (Lipinski definition) is 1. The Balaban J connectivity index is 1.63. The van der Waals surface area contributed by atoms with Crippen molar-refractivity contribution in [1.82, 2.24) is 5.43 Å². The predicted molar refractivity (Wildman–Crippen MR) is 120 cm³/mol. The summed E-state index contributed by atoms with van der Waals surface area (Å²) in [6, 6.07) is 17.8. The number of amides is 1. The summed E-state index contributed by atoms with van der Waals surface area (Å²) >= 11 is 12.1. The monoisotopic (exact) mass is 442 g/mol. The van der Waals surface area contributed by atoms with Gasteiger partial charge in [0.2, 0.25) is 0 Å². The Bertz CT molecular complexity index is 1070. The van der Waals surface area contributed by atoms with E-state index in [1.807, 2.05) is 31.2 Å². The van der Waals surface area contributed by atoms with Gasteiger partial charge in [0.1, 0.15) is 6.61 Å². The molecule has 0 aliphatic rings. The smallest absolute Gasteiger partial charge is 0.271 e. The minimum Gasteiger partial charge on any atom is -0.493 e. The summed E-state index contributed by atoms with van der Waals surface area (Å²) in [6.45, 7) is 2.23. The summed E-state index contributed by atoms with van der Waals surface area (Å²) in [4.78, 5) is 12.1. The molecule has 0 fully saturated rings. The van der Waals surface area contributed by atoms with Crippen molar-refractivity contribution in [3.8, 4) is 11.5 Å². The van der Waals surface area contributed by atoms with Crippen molar-refractivity contribution in [3.05, 3.63) is 93.0 Å². The highest BCUT2D eigenvalue weighted by Crippen LogP contribution is 2.29. The van der Waals surface area contributed by atoms with Crippen LogP contribution in [0.25, 0.3) is 0 Å². The number of nitrogens with one attached hydrogen (secondary N) is 1. The Kier molecular flexibility index (Phi) is 7.33. The van der Waals surface area contributed by atoms with Crippen LogP contribution in [0.5, 0.6) is 11.5 Å².